The van der Waals surface area contributed by atoms with E-state index >= 15 is 0 Å². The molecule has 2 aliphatic heterocycles. The summed E-state index contributed by atoms with van der Waals surface area (Å²) in [5, 5.41) is 22.8. The van der Waals surface area contributed by atoms with Gasteiger partial charge >= 0.3 is 0 Å². The Bertz CT molecular complexity index is 906. The van der Waals surface area contributed by atoms with Gasteiger partial charge in [-0.3, -0.25) is 14.9 Å². The van der Waals surface area contributed by atoms with Gasteiger partial charge in [0.1, 0.15) is 11.5 Å². The lowest BCUT2D eigenvalue weighted by molar-refractivity contribution is -0.384. The molecule has 154 valence electrons. The van der Waals surface area contributed by atoms with E-state index in [0.29, 0.717) is 32.0 Å². The number of carbonyl (C=O) groups is 1. The molecule has 1 aromatic heterocycles. The number of nitro groups is 1. The molecular weight excluding hydrogens is 376 g/mol. The van der Waals surface area contributed by atoms with Crippen LogP contribution in [0.25, 0.3) is 0 Å². The van der Waals surface area contributed by atoms with Gasteiger partial charge in [-0.15, -0.1) is 10.2 Å². The number of hydrogen-bond donors (Lipinski definition) is 1. The highest BCUT2D eigenvalue weighted by molar-refractivity contribution is 5.95. The molecule has 4 rings (SSSR count). The first-order valence-corrected chi connectivity index (χ1v) is 9.94. The zero-order valence-electron chi connectivity index (χ0n) is 16.2. The van der Waals surface area contributed by atoms with Crippen LogP contribution in [0.1, 0.15) is 41.3 Å². The van der Waals surface area contributed by atoms with Gasteiger partial charge in [0.2, 0.25) is 0 Å². The third kappa shape index (κ3) is 4.21. The van der Waals surface area contributed by atoms with Crippen LogP contribution in [0.5, 0.6) is 0 Å². The second kappa shape index (κ2) is 8.56. The summed E-state index contributed by atoms with van der Waals surface area (Å²) in [7, 11) is 0. The van der Waals surface area contributed by atoms with Crippen LogP contribution in [0.15, 0.2) is 18.2 Å². The van der Waals surface area contributed by atoms with Crippen LogP contribution in [0, 0.1) is 10.1 Å². The van der Waals surface area contributed by atoms with Crippen molar-refractivity contribution in [2.75, 3.05) is 31.2 Å². The van der Waals surface area contributed by atoms with Gasteiger partial charge in [0, 0.05) is 37.7 Å². The Morgan fingerprint density at radius 1 is 1.17 bits per heavy atom. The number of amides is 1. The molecular formula is C19H24N6O4. The van der Waals surface area contributed by atoms with Crippen LogP contribution in [-0.4, -0.2) is 51.9 Å². The number of nitro benzene ring substituents is 1. The number of nitrogens with one attached hydrogen (secondary N) is 1. The summed E-state index contributed by atoms with van der Waals surface area (Å²) < 4.78 is 7.38. The van der Waals surface area contributed by atoms with E-state index in [2.05, 4.69) is 20.1 Å². The number of hydrogen-bond acceptors (Lipinski definition) is 7. The van der Waals surface area contributed by atoms with Gasteiger partial charge in [-0.05, 0) is 25.0 Å². The van der Waals surface area contributed by atoms with Crippen molar-refractivity contribution in [3.05, 3.63) is 45.5 Å². The van der Waals surface area contributed by atoms with Crippen LogP contribution < -0.4 is 10.2 Å². The van der Waals surface area contributed by atoms with Crippen LogP contribution in [0.2, 0.25) is 0 Å². The highest BCUT2D eigenvalue weighted by Gasteiger charge is 2.23. The molecule has 1 N–H and O–H groups in total. The van der Waals surface area contributed by atoms with E-state index in [-0.39, 0.29) is 23.7 Å². The summed E-state index contributed by atoms with van der Waals surface area (Å²) in [5.74, 6) is 1.31. The van der Waals surface area contributed by atoms with Crippen LogP contribution in [0.3, 0.4) is 0 Å². The number of nitrogens with zero attached hydrogens (tertiary/aromatic N) is 5. The minimum absolute atomic E-state index is 0.0732. The highest BCUT2D eigenvalue weighted by Crippen LogP contribution is 2.30. The molecule has 10 heteroatoms. The fraction of sp³-hybridized carbons (Fsp3) is 0.526. The quantitative estimate of drug-likeness (QED) is 0.600. The number of carbonyl (C=O) groups excluding carboxylic acids is 1. The van der Waals surface area contributed by atoms with Crippen molar-refractivity contribution in [3.63, 3.8) is 0 Å². The predicted molar refractivity (Wildman–Crippen MR) is 105 cm³/mol. The highest BCUT2D eigenvalue weighted by atomic mass is 16.6. The van der Waals surface area contributed by atoms with Gasteiger partial charge in [-0.1, -0.05) is 6.42 Å². The van der Waals surface area contributed by atoms with E-state index in [9.17, 15) is 14.9 Å². The summed E-state index contributed by atoms with van der Waals surface area (Å²) in [6.45, 7) is 3.33. The maximum Gasteiger partial charge on any atom is 0.293 e. The van der Waals surface area contributed by atoms with E-state index in [0.717, 1.165) is 43.9 Å². The molecule has 0 unspecified atom stereocenters. The predicted octanol–water partition coefficient (Wildman–Crippen LogP) is 1.68. The number of aryl methyl sites for hydroxylation is 1. The van der Waals surface area contributed by atoms with E-state index in [4.69, 9.17) is 4.74 Å². The molecule has 1 aromatic carbocycles. The number of benzene rings is 1. The van der Waals surface area contributed by atoms with Gasteiger partial charge in [0.25, 0.3) is 11.6 Å². The summed E-state index contributed by atoms with van der Waals surface area (Å²) in [6, 6.07) is 4.60. The number of aromatic nitrogens is 3. The fourth-order valence-electron chi connectivity index (χ4n) is 3.82. The average Bonchev–Trinajstić information content (AvgIpc) is 2.98. The minimum Gasteiger partial charge on any atom is -0.378 e. The summed E-state index contributed by atoms with van der Waals surface area (Å²) in [4.78, 5) is 25.7. The maximum absolute atomic E-state index is 12.6. The first-order valence-electron chi connectivity index (χ1n) is 9.94. The van der Waals surface area contributed by atoms with Gasteiger partial charge in [-0.25, -0.2) is 0 Å². The van der Waals surface area contributed by atoms with E-state index in [1.165, 1.54) is 6.07 Å². The number of morpholine rings is 1. The Morgan fingerprint density at radius 2 is 2.00 bits per heavy atom. The summed E-state index contributed by atoms with van der Waals surface area (Å²) in [5.41, 5.74) is 0.692. The average molecular weight is 400 g/mol. The zero-order chi connectivity index (χ0) is 20.2. The van der Waals surface area contributed by atoms with Gasteiger partial charge < -0.3 is 19.5 Å². The number of anilines is 1. The minimum atomic E-state index is -0.444. The van der Waals surface area contributed by atoms with Crippen molar-refractivity contribution < 1.29 is 14.5 Å². The fourth-order valence-corrected chi connectivity index (χ4v) is 3.82. The van der Waals surface area contributed by atoms with Crippen molar-refractivity contribution in [3.8, 4) is 0 Å². The molecule has 3 heterocycles. The third-order valence-electron chi connectivity index (χ3n) is 5.38. The monoisotopic (exact) mass is 400 g/mol. The van der Waals surface area contributed by atoms with Crippen LogP contribution >= 0.6 is 0 Å². The van der Waals surface area contributed by atoms with E-state index < -0.39 is 4.92 Å². The number of rotatable bonds is 5. The van der Waals surface area contributed by atoms with Gasteiger partial charge in [0.15, 0.2) is 5.82 Å². The molecule has 29 heavy (non-hydrogen) atoms. The summed E-state index contributed by atoms with van der Waals surface area (Å²) in [6.07, 6.45) is 4.23. The molecule has 0 saturated carbocycles. The topological polar surface area (TPSA) is 115 Å². The van der Waals surface area contributed by atoms with Gasteiger partial charge in [0.05, 0.1) is 24.7 Å². The molecule has 0 bridgehead atoms. The molecule has 0 aliphatic carbocycles. The zero-order valence-corrected chi connectivity index (χ0v) is 16.2. The normalized spacial score (nSPS) is 16.8. The largest absolute Gasteiger partial charge is 0.378 e. The number of fused-ring (bicyclic) bond motifs is 1. The van der Waals surface area contributed by atoms with Crippen molar-refractivity contribution in [2.45, 2.75) is 38.8 Å². The van der Waals surface area contributed by atoms with Crippen molar-refractivity contribution in [1.29, 1.82) is 0 Å². The number of ether oxygens (including phenoxy) is 1. The molecule has 0 radical (unpaired) electrons. The Hall–Kier alpha value is -3.01. The van der Waals surface area contributed by atoms with Crippen molar-refractivity contribution in [2.24, 2.45) is 0 Å². The molecule has 2 aliphatic rings. The Balaban J connectivity index is 1.48. The standard InChI is InChI=1S/C19H24N6O4/c26-19(20-13-18-22-21-17-4-2-1-3-7-24(17)18)14-5-6-15(16(12-14)25(27)28)23-8-10-29-11-9-23/h5-6,12H,1-4,7-11,13H2,(H,20,26). The van der Waals surface area contributed by atoms with Crippen molar-refractivity contribution >= 4 is 17.3 Å². The maximum atomic E-state index is 12.6. The molecule has 0 spiro atoms. The third-order valence-corrected chi connectivity index (χ3v) is 5.38. The Labute approximate surface area is 168 Å². The molecule has 1 saturated heterocycles. The van der Waals surface area contributed by atoms with E-state index in [1.807, 2.05) is 4.90 Å². The summed E-state index contributed by atoms with van der Waals surface area (Å²) >= 11 is 0. The van der Waals surface area contributed by atoms with Crippen LogP contribution in [0.4, 0.5) is 11.4 Å². The van der Waals surface area contributed by atoms with Crippen LogP contribution in [-0.2, 0) is 24.2 Å². The SMILES string of the molecule is O=C(NCc1nnc2n1CCCCC2)c1ccc(N2CCOCC2)c([N+](=O)[O-])c1. The molecule has 10 nitrogen and oxygen atoms in total. The molecule has 2 aromatic rings. The first kappa shape index (κ1) is 19.3. The smallest absolute Gasteiger partial charge is 0.293 e. The second-order valence-corrected chi connectivity index (χ2v) is 7.24. The lowest BCUT2D eigenvalue weighted by Gasteiger charge is -2.28. The lowest BCUT2D eigenvalue weighted by atomic mass is 10.1. The lowest BCUT2D eigenvalue weighted by Crippen LogP contribution is -2.36. The Morgan fingerprint density at radius 3 is 2.79 bits per heavy atom. The molecule has 1 fully saturated rings. The van der Waals surface area contributed by atoms with E-state index in [1.54, 1.807) is 12.1 Å². The molecule has 1 amide bonds. The second-order valence-electron chi connectivity index (χ2n) is 7.24. The first-order chi connectivity index (χ1) is 14.1. The molecule has 0 atom stereocenters. The van der Waals surface area contributed by atoms with Gasteiger partial charge in [-0.2, -0.15) is 0 Å². The Kier molecular flexibility index (Phi) is 5.70. The van der Waals surface area contributed by atoms with Crippen molar-refractivity contribution in [1.82, 2.24) is 20.1 Å².